The molecular formula is C19H24N2O2. The molecule has 1 atom stereocenters. The Kier molecular flexibility index (Phi) is 5.64. The lowest BCUT2D eigenvalue weighted by Gasteiger charge is -2.34. The average molecular weight is 312 g/mol. The molecule has 4 nitrogen and oxygen atoms in total. The van der Waals surface area contributed by atoms with Crippen LogP contribution in [-0.4, -0.2) is 42.8 Å². The van der Waals surface area contributed by atoms with E-state index >= 15 is 0 Å². The van der Waals surface area contributed by atoms with Crippen molar-refractivity contribution in [3.8, 4) is 5.75 Å². The Labute approximate surface area is 137 Å². The number of aliphatic hydroxyl groups excluding tert-OH is 1. The van der Waals surface area contributed by atoms with Crippen molar-refractivity contribution in [2.75, 3.05) is 32.8 Å². The second-order valence-corrected chi connectivity index (χ2v) is 5.83. The number of benzene rings is 2. The summed E-state index contributed by atoms with van der Waals surface area (Å²) < 4.78 is 5.82. The van der Waals surface area contributed by atoms with E-state index in [-0.39, 0.29) is 12.6 Å². The van der Waals surface area contributed by atoms with Crippen molar-refractivity contribution >= 4 is 0 Å². The Morgan fingerprint density at radius 1 is 1.00 bits per heavy atom. The Bertz CT molecular complexity index is 580. The fourth-order valence-electron chi connectivity index (χ4n) is 2.95. The Balaban J connectivity index is 1.61. The fraction of sp³-hybridized carbons (Fsp3) is 0.368. The second-order valence-electron chi connectivity index (χ2n) is 5.83. The molecule has 0 spiro atoms. The Morgan fingerprint density at radius 3 is 2.35 bits per heavy atom. The third-order valence-corrected chi connectivity index (χ3v) is 4.28. The van der Waals surface area contributed by atoms with Gasteiger partial charge >= 0.3 is 0 Å². The van der Waals surface area contributed by atoms with E-state index in [1.807, 2.05) is 30.3 Å². The van der Waals surface area contributed by atoms with Gasteiger partial charge in [-0.15, -0.1) is 0 Å². The van der Waals surface area contributed by atoms with E-state index in [4.69, 9.17) is 4.74 Å². The summed E-state index contributed by atoms with van der Waals surface area (Å²) in [6.07, 6.45) is 0. The maximum absolute atomic E-state index is 9.76. The van der Waals surface area contributed by atoms with Crippen LogP contribution >= 0.6 is 0 Å². The predicted molar refractivity (Wildman–Crippen MR) is 91.5 cm³/mol. The molecule has 2 aromatic rings. The first-order valence-electron chi connectivity index (χ1n) is 8.19. The number of hydrogen-bond acceptors (Lipinski definition) is 4. The van der Waals surface area contributed by atoms with Gasteiger partial charge in [0.2, 0.25) is 0 Å². The summed E-state index contributed by atoms with van der Waals surface area (Å²) in [6, 6.07) is 18.3. The maximum Gasteiger partial charge on any atom is 0.119 e. The van der Waals surface area contributed by atoms with Crippen molar-refractivity contribution in [3.63, 3.8) is 0 Å². The van der Waals surface area contributed by atoms with Gasteiger partial charge in [0, 0.05) is 26.2 Å². The van der Waals surface area contributed by atoms with Gasteiger partial charge in [-0.25, -0.2) is 0 Å². The number of rotatable bonds is 6. The van der Waals surface area contributed by atoms with Gasteiger partial charge in [0.25, 0.3) is 0 Å². The van der Waals surface area contributed by atoms with E-state index in [9.17, 15) is 5.11 Å². The topological polar surface area (TPSA) is 44.7 Å². The lowest BCUT2D eigenvalue weighted by Crippen LogP contribution is -2.46. The summed E-state index contributed by atoms with van der Waals surface area (Å²) in [4.78, 5) is 2.33. The number of nitrogens with zero attached hydrogens (tertiary/aromatic N) is 1. The van der Waals surface area contributed by atoms with E-state index in [0.717, 1.165) is 43.1 Å². The van der Waals surface area contributed by atoms with Crippen LogP contribution in [-0.2, 0) is 6.61 Å². The van der Waals surface area contributed by atoms with Gasteiger partial charge in [-0.1, -0.05) is 42.5 Å². The number of aliphatic hydroxyl groups is 1. The number of hydrogen-bond donors (Lipinski definition) is 2. The van der Waals surface area contributed by atoms with Gasteiger partial charge in [0.05, 0.1) is 12.6 Å². The molecule has 1 unspecified atom stereocenters. The monoisotopic (exact) mass is 312 g/mol. The third kappa shape index (κ3) is 4.32. The quantitative estimate of drug-likeness (QED) is 0.858. The molecule has 0 radical (unpaired) electrons. The van der Waals surface area contributed by atoms with Gasteiger partial charge in [-0.2, -0.15) is 0 Å². The molecule has 0 aromatic heterocycles. The molecule has 1 aliphatic rings. The van der Waals surface area contributed by atoms with E-state index < -0.39 is 0 Å². The summed E-state index contributed by atoms with van der Waals surface area (Å²) in [6.45, 7) is 4.62. The molecule has 1 aliphatic heterocycles. The van der Waals surface area contributed by atoms with Crippen LogP contribution in [0.1, 0.15) is 17.2 Å². The molecule has 23 heavy (non-hydrogen) atoms. The molecule has 122 valence electrons. The molecule has 0 saturated carbocycles. The standard InChI is InChI=1S/C19H24N2O2/c22-14-19(21-12-10-20-11-13-21)17-6-8-18(9-7-17)23-15-16-4-2-1-3-5-16/h1-9,19-20,22H,10-15H2. The third-order valence-electron chi connectivity index (χ3n) is 4.28. The minimum absolute atomic E-state index is 0.0697. The lowest BCUT2D eigenvalue weighted by molar-refractivity contribution is 0.111. The summed E-state index contributed by atoms with van der Waals surface area (Å²) in [5.41, 5.74) is 2.30. The minimum Gasteiger partial charge on any atom is -0.489 e. The van der Waals surface area contributed by atoms with Crippen LogP contribution in [0.15, 0.2) is 54.6 Å². The molecular weight excluding hydrogens is 288 g/mol. The van der Waals surface area contributed by atoms with Gasteiger partial charge in [0.1, 0.15) is 12.4 Å². The number of nitrogens with one attached hydrogen (secondary N) is 1. The first-order valence-corrected chi connectivity index (χ1v) is 8.19. The summed E-state index contributed by atoms with van der Waals surface area (Å²) >= 11 is 0. The van der Waals surface area contributed by atoms with Crippen LogP contribution < -0.4 is 10.1 Å². The zero-order valence-electron chi connectivity index (χ0n) is 13.3. The van der Waals surface area contributed by atoms with Crippen molar-refractivity contribution < 1.29 is 9.84 Å². The fourth-order valence-corrected chi connectivity index (χ4v) is 2.95. The van der Waals surface area contributed by atoms with Crippen LogP contribution in [0.5, 0.6) is 5.75 Å². The van der Waals surface area contributed by atoms with Crippen LogP contribution in [0.4, 0.5) is 0 Å². The SMILES string of the molecule is OCC(c1ccc(OCc2ccccc2)cc1)N1CCNCC1. The van der Waals surface area contributed by atoms with Crippen LogP contribution in [0.25, 0.3) is 0 Å². The van der Waals surface area contributed by atoms with Gasteiger partial charge < -0.3 is 15.2 Å². The highest BCUT2D eigenvalue weighted by atomic mass is 16.5. The van der Waals surface area contributed by atoms with Gasteiger partial charge in [-0.05, 0) is 23.3 Å². The summed E-state index contributed by atoms with van der Waals surface area (Å²) in [5, 5.41) is 13.1. The molecule has 3 rings (SSSR count). The molecule has 0 amide bonds. The Morgan fingerprint density at radius 2 is 1.70 bits per heavy atom. The van der Waals surface area contributed by atoms with E-state index in [1.54, 1.807) is 0 Å². The number of ether oxygens (including phenoxy) is 1. The van der Waals surface area contributed by atoms with Crippen molar-refractivity contribution in [3.05, 3.63) is 65.7 Å². The Hall–Kier alpha value is -1.88. The molecule has 4 heteroatoms. The zero-order chi connectivity index (χ0) is 15.9. The molecule has 1 fully saturated rings. The van der Waals surface area contributed by atoms with Crippen LogP contribution in [0.2, 0.25) is 0 Å². The first kappa shape index (κ1) is 16.0. The van der Waals surface area contributed by atoms with E-state index in [0.29, 0.717) is 6.61 Å². The van der Waals surface area contributed by atoms with Crippen molar-refractivity contribution in [1.29, 1.82) is 0 Å². The normalized spacial score (nSPS) is 16.9. The van der Waals surface area contributed by atoms with Crippen molar-refractivity contribution in [2.24, 2.45) is 0 Å². The van der Waals surface area contributed by atoms with E-state index in [1.165, 1.54) is 0 Å². The molecule has 1 heterocycles. The lowest BCUT2D eigenvalue weighted by atomic mass is 10.1. The molecule has 0 aliphatic carbocycles. The molecule has 0 bridgehead atoms. The number of piperazine rings is 1. The zero-order valence-corrected chi connectivity index (χ0v) is 13.3. The van der Waals surface area contributed by atoms with Gasteiger partial charge in [-0.3, -0.25) is 4.90 Å². The smallest absolute Gasteiger partial charge is 0.119 e. The highest BCUT2D eigenvalue weighted by Gasteiger charge is 2.21. The van der Waals surface area contributed by atoms with Crippen molar-refractivity contribution in [2.45, 2.75) is 12.6 Å². The highest BCUT2D eigenvalue weighted by molar-refractivity contribution is 5.30. The highest BCUT2D eigenvalue weighted by Crippen LogP contribution is 2.23. The average Bonchev–Trinajstić information content (AvgIpc) is 2.63. The molecule has 1 saturated heterocycles. The summed E-state index contributed by atoms with van der Waals surface area (Å²) in [5.74, 6) is 0.856. The predicted octanol–water partition coefficient (Wildman–Crippen LogP) is 2.20. The molecule has 2 aromatic carbocycles. The largest absolute Gasteiger partial charge is 0.489 e. The van der Waals surface area contributed by atoms with E-state index in [2.05, 4.69) is 34.5 Å². The maximum atomic E-state index is 9.76. The minimum atomic E-state index is 0.0697. The first-order chi connectivity index (χ1) is 11.4. The van der Waals surface area contributed by atoms with Crippen LogP contribution in [0, 0.1) is 0 Å². The second kappa shape index (κ2) is 8.11. The van der Waals surface area contributed by atoms with Crippen LogP contribution in [0.3, 0.4) is 0 Å². The van der Waals surface area contributed by atoms with Gasteiger partial charge in [0.15, 0.2) is 0 Å². The summed E-state index contributed by atoms with van der Waals surface area (Å²) in [7, 11) is 0. The molecule has 2 N–H and O–H groups in total. The van der Waals surface area contributed by atoms with Crippen molar-refractivity contribution in [1.82, 2.24) is 10.2 Å².